The first-order chi connectivity index (χ1) is 18.0. The Morgan fingerprint density at radius 1 is 0.763 bits per heavy atom. The average molecular weight is 554 g/mol. The number of hydrogen-bond acceptors (Lipinski definition) is 5. The Labute approximate surface area is 220 Å². The lowest BCUT2D eigenvalue weighted by Gasteiger charge is -2.22. The highest BCUT2D eigenvalue weighted by Gasteiger charge is 2.19. The molecule has 0 bridgehead atoms. The number of anilines is 3. The number of rotatable bonds is 9. The molecule has 2 N–H and O–H groups in total. The van der Waals surface area contributed by atoms with Crippen LogP contribution in [0.25, 0.3) is 0 Å². The Balaban J connectivity index is 1.44. The number of sulfonamides is 2. The lowest BCUT2D eigenvalue weighted by atomic mass is 10.1. The quantitative estimate of drug-likeness (QED) is 0.308. The van der Waals surface area contributed by atoms with E-state index in [1.54, 1.807) is 12.1 Å². The maximum atomic E-state index is 13.1. The van der Waals surface area contributed by atoms with Gasteiger partial charge in [0.15, 0.2) is 0 Å². The largest absolute Gasteiger partial charge is 0.322 e. The molecule has 0 heterocycles. The number of benzene rings is 4. The highest BCUT2D eigenvalue weighted by molar-refractivity contribution is 7.92. The van der Waals surface area contributed by atoms with E-state index >= 15 is 0 Å². The number of hydrogen-bond donors (Lipinski definition) is 2. The van der Waals surface area contributed by atoms with E-state index in [1.165, 1.54) is 52.8 Å². The van der Waals surface area contributed by atoms with Crippen LogP contribution in [0, 0.1) is 5.82 Å². The molecule has 0 radical (unpaired) electrons. The Kier molecular flexibility index (Phi) is 7.79. The normalized spacial score (nSPS) is 11.5. The molecular weight excluding hydrogens is 529 g/mol. The molecule has 0 aromatic heterocycles. The molecule has 0 fully saturated rings. The van der Waals surface area contributed by atoms with Crippen molar-refractivity contribution in [3.8, 4) is 0 Å². The summed E-state index contributed by atoms with van der Waals surface area (Å²) in [5.41, 5.74) is 2.10. The van der Waals surface area contributed by atoms with Crippen molar-refractivity contribution in [1.29, 1.82) is 0 Å². The molecular formula is C27H24FN3O5S2. The fraction of sp³-hybridized carbons (Fsp3) is 0.0741. The fourth-order valence-electron chi connectivity index (χ4n) is 3.58. The van der Waals surface area contributed by atoms with Crippen molar-refractivity contribution in [1.82, 2.24) is 0 Å². The molecule has 1 amide bonds. The van der Waals surface area contributed by atoms with Gasteiger partial charge in [-0.1, -0.05) is 30.3 Å². The molecule has 0 aliphatic rings. The fourth-order valence-corrected chi connectivity index (χ4v) is 5.53. The highest BCUT2D eigenvalue weighted by atomic mass is 32.2. The van der Waals surface area contributed by atoms with Gasteiger partial charge < -0.3 is 5.32 Å². The summed E-state index contributed by atoms with van der Waals surface area (Å²) in [5, 5.41) is 2.68. The highest BCUT2D eigenvalue weighted by Crippen LogP contribution is 2.23. The zero-order chi connectivity index (χ0) is 27.3. The minimum absolute atomic E-state index is 0.0385. The second-order valence-corrected chi connectivity index (χ2v) is 12.0. The maximum Gasteiger partial charge on any atom is 0.261 e. The van der Waals surface area contributed by atoms with Crippen molar-refractivity contribution in [2.24, 2.45) is 0 Å². The van der Waals surface area contributed by atoms with Crippen LogP contribution in [0.15, 0.2) is 108 Å². The van der Waals surface area contributed by atoms with Gasteiger partial charge in [-0.05, 0) is 78.4 Å². The molecule has 196 valence electrons. The number of nitrogens with one attached hydrogen (secondary N) is 2. The third-order valence-corrected chi connectivity index (χ3v) is 8.04. The predicted molar refractivity (Wildman–Crippen MR) is 146 cm³/mol. The molecule has 0 aliphatic carbocycles. The molecule has 38 heavy (non-hydrogen) atoms. The topological polar surface area (TPSA) is 113 Å². The first-order valence-electron chi connectivity index (χ1n) is 11.3. The van der Waals surface area contributed by atoms with E-state index in [2.05, 4.69) is 10.0 Å². The van der Waals surface area contributed by atoms with E-state index in [0.717, 1.165) is 24.0 Å². The summed E-state index contributed by atoms with van der Waals surface area (Å²) in [4.78, 5) is 12.7. The number of amides is 1. The molecule has 4 rings (SSSR count). The van der Waals surface area contributed by atoms with Crippen LogP contribution in [-0.4, -0.2) is 29.0 Å². The number of halogens is 1. The van der Waals surface area contributed by atoms with Gasteiger partial charge in [0.2, 0.25) is 10.0 Å². The van der Waals surface area contributed by atoms with Crippen LogP contribution in [0.4, 0.5) is 21.5 Å². The van der Waals surface area contributed by atoms with Crippen LogP contribution in [0.1, 0.15) is 15.9 Å². The van der Waals surface area contributed by atoms with Crippen LogP contribution >= 0.6 is 0 Å². The van der Waals surface area contributed by atoms with E-state index in [-0.39, 0.29) is 22.7 Å². The molecule has 8 nitrogen and oxygen atoms in total. The minimum Gasteiger partial charge on any atom is -0.322 e. The third kappa shape index (κ3) is 6.75. The van der Waals surface area contributed by atoms with E-state index < -0.39 is 31.8 Å². The summed E-state index contributed by atoms with van der Waals surface area (Å²) in [6.45, 7) is 0.149. The van der Waals surface area contributed by atoms with E-state index in [9.17, 15) is 26.0 Å². The van der Waals surface area contributed by atoms with Gasteiger partial charge in [0, 0.05) is 16.9 Å². The van der Waals surface area contributed by atoms with E-state index in [0.29, 0.717) is 11.4 Å². The van der Waals surface area contributed by atoms with Crippen LogP contribution < -0.4 is 14.3 Å². The molecule has 0 unspecified atom stereocenters. The average Bonchev–Trinajstić information content (AvgIpc) is 2.89. The van der Waals surface area contributed by atoms with Crippen molar-refractivity contribution < 1.29 is 26.0 Å². The molecule has 0 saturated heterocycles. The van der Waals surface area contributed by atoms with Gasteiger partial charge in [0.25, 0.3) is 15.9 Å². The third-order valence-electron chi connectivity index (χ3n) is 5.51. The first kappa shape index (κ1) is 26.8. The van der Waals surface area contributed by atoms with Gasteiger partial charge in [-0.2, -0.15) is 0 Å². The summed E-state index contributed by atoms with van der Waals surface area (Å²) in [7, 11) is -7.48. The van der Waals surface area contributed by atoms with Crippen LogP contribution in [0.3, 0.4) is 0 Å². The molecule has 0 aliphatic heterocycles. The zero-order valence-electron chi connectivity index (χ0n) is 20.2. The van der Waals surface area contributed by atoms with Gasteiger partial charge in [0.05, 0.1) is 23.4 Å². The van der Waals surface area contributed by atoms with Gasteiger partial charge in [-0.25, -0.2) is 21.2 Å². The standard InChI is InChI=1S/C27H24FN3O5S2/c1-37(33,34)31(19-20-5-3-2-4-6-20)25-15-7-21(8-16-25)27(32)29-23-13-17-26(18-14-23)38(35,36)30-24-11-9-22(28)10-12-24/h2-18,30H,19H2,1H3,(H,29,32). The number of nitrogens with zero attached hydrogens (tertiary/aromatic N) is 1. The maximum absolute atomic E-state index is 13.1. The van der Waals surface area contributed by atoms with Crippen LogP contribution in [0.5, 0.6) is 0 Å². The SMILES string of the molecule is CS(=O)(=O)N(Cc1ccccc1)c1ccc(C(=O)Nc2ccc(S(=O)(=O)Nc3ccc(F)cc3)cc2)cc1. The lowest BCUT2D eigenvalue weighted by Crippen LogP contribution is -2.29. The zero-order valence-corrected chi connectivity index (χ0v) is 21.8. The van der Waals surface area contributed by atoms with Crippen molar-refractivity contribution in [2.45, 2.75) is 11.4 Å². The van der Waals surface area contributed by atoms with Crippen LogP contribution in [-0.2, 0) is 26.6 Å². The first-order valence-corrected chi connectivity index (χ1v) is 14.7. The Morgan fingerprint density at radius 3 is 1.92 bits per heavy atom. The van der Waals surface area contributed by atoms with E-state index in [1.807, 2.05) is 30.3 Å². The Hall–Kier alpha value is -4.22. The Bertz CT molecular complexity index is 1630. The van der Waals surface area contributed by atoms with Crippen molar-refractivity contribution >= 4 is 43.0 Å². The molecule has 0 atom stereocenters. The van der Waals surface area contributed by atoms with Crippen molar-refractivity contribution in [3.63, 3.8) is 0 Å². The van der Waals surface area contributed by atoms with E-state index in [4.69, 9.17) is 0 Å². The second kappa shape index (κ2) is 11.0. The lowest BCUT2D eigenvalue weighted by molar-refractivity contribution is 0.102. The summed E-state index contributed by atoms with van der Waals surface area (Å²) >= 11 is 0. The van der Waals surface area contributed by atoms with Gasteiger partial charge in [-0.15, -0.1) is 0 Å². The summed E-state index contributed by atoms with van der Waals surface area (Å²) in [6.07, 6.45) is 1.12. The minimum atomic E-state index is -3.91. The monoisotopic (exact) mass is 553 g/mol. The smallest absolute Gasteiger partial charge is 0.261 e. The molecule has 11 heteroatoms. The second-order valence-electron chi connectivity index (χ2n) is 8.39. The molecule has 4 aromatic carbocycles. The van der Waals surface area contributed by atoms with Gasteiger partial charge in [0.1, 0.15) is 5.82 Å². The van der Waals surface area contributed by atoms with Gasteiger partial charge >= 0.3 is 0 Å². The van der Waals surface area contributed by atoms with Crippen molar-refractivity contribution in [2.75, 3.05) is 20.6 Å². The summed E-state index contributed by atoms with van der Waals surface area (Å²) in [6, 6.07) is 25.7. The Morgan fingerprint density at radius 2 is 1.34 bits per heavy atom. The molecule has 0 spiro atoms. The predicted octanol–water partition coefficient (Wildman–Crippen LogP) is 4.85. The number of carbonyl (C=O) groups excluding carboxylic acids is 1. The summed E-state index contributed by atoms with van der Waals surface area (Å²) < 4.78 is 66.6. The van der Waals surface area contributed by atoms with Crippen LogP contribution in [0.2, 0.25) is 0 Å². The molecule has 4 aromatic rings. The molecule has 0 saturated carbocycles. The van der Waals surface area contributed by atoms with Crippen molar-refractivity contribution in [3.05, 3.63) is 120 Å². The number of carbonyl (C=O) groups is 1. The van der Waals surface area contributed by atoms with Gasteiger partial charge in [-0.3, -0.25) is 13.8 Å². The summed E-state index contributed by atoms with van der Waals surface area (Å²) in [5.74, 6) is -0.937.